The summed E-state index contributed by atoms with van der Waals surface area (Å²) in [5.74, 6) is -2.86. The highest BCUT2D eigenvalue weighted by molar-refractivity contribution is 6.25. The summed E-state index contributed by atoms with van der Waals surface area (Å²) < 4.78 is 11.9. The normalized spacial score (nSPS) is 28.4. The molecule has 1 saturated heterocycles. The molecule has 0 spiro atoms. The van der Waals surface area contributed by atoms with E-state index in [2.05, 4.69) is 10.6 Å². The number of benzene rings is 1. The summed E-state index contributed by atoms with van der Waals surface area (Å²) in [6.07, 6.45) is 5.80. The molecule has 4 amide bonds. The van der Waals surface area contributed by atoms with Gasteiger partial charge in [0.15, 0.2) is 0 Å². The monoisotopic (exact) mass is 527 g/mol. The maximum atomic E-state index is 13.1. The number of hydrogen-bond donors (Lipinski definition) is 3. The summed E-state index contributed by atoms with van der Waals surface area (Å²) in [6, 6.07) is 3.94. The average Bonchev–Trinajstić information content (AvgIpc) is 3.14. The van der Waals surface area contributed by atoms with Crippen LogP contribution in [0.3, 0.4) is 0 Å². The quantitative estimate of drug-likeness (QED) is 0.290. The van der Waals surface area contributed by atoms with Crippen molar-refractivity contribution in [1.82, 2.24) is 10.2 Å². The van der Waals surface area contributed by atoms with Crippen LogP contribution in [0.1, 0.15) is 78.5 Å². The van der Waals surface area contributed by atoms with E-state index < -0.39 is 35.6 Å². The van der Waals surface area contributed by atoms with Gasteiger partial charge in [0, 0.05) is 18.7 Å². The second kappa shape index (κ2) is 10.5. The molecule has 2 bridgehead atoms. The predicted octanol–water partition coefficient (Wildman–Crippen LogP) is 2.10. The van der Waals surface area contributed by atoms with Gasteiger partial charge in [-0.1, -0.05) is 6.07 Å². The van der Waals surface area contributed by atoms with E-state index in [4.69, 9.17) is 9.47 Å². The summed E-state index contributed by atoms with van der Waals surface area (Å²) in [5, 5.41) is 14.6. The molecule has 5 aliphatic rings. The number of imide groups is 2. The number of aliphatic carboxylic acids is 1. The molecule has 11 heteroatoms. The van der Waals surface area contributed by atoms with Crippen LogP contribution in [-0.4, -0.2) is 77.6 Å². The minimum absolute atomic E-state index is 0.0539. The first-order valence-electron chi connectivity index (χ1n) is 13.2. The highest BCUT2D eigenvalue weighted by Crippen LogP contribution is 2.55. The number of anilines is 1. The lowest BCUT2D eigenvalue weighted by atomic mass is 9.57. The number of carboxylic acid groups (broad SMARTS) is 1. The fraction of sp³-hybridized carbons (Fsp3) is 0.593. The SMILES string of the molecule is O=C(O)CC12CCC(OCCOCCNc3cccc4c3C(=O)N(C3CCC(=O)NC3=O)C4=O)(CC1)CC2. The van der Waals surface area contributed by atoms with Gasteiger partial charge in [-0.2, -0.15) is 0 Å². The van der Waals surface area contributed by atoms with Crippen molar-refractivity contribution in [1.29, 1.82) is 0 Å². The highest BCUT2D eigenvalue weighted by Gasteiger charge is 2.50. The molecule has 6 rings (SSSR count). The highest BCUT2D eigenvalue weighted by atomic mass is 16.5. The molecule has 1 aromatic carbocycles. The van der Waals surface area contributed by atoms with Gasteiger partial charge < -0.3 is 19.9 Å². The van der Waals surface area contributed by atoms with E-state index >= 15 is 0 Å². The third-order valence-corrected chi connectivity index (χ3v) is 8.52. The number of carbonyl (C=O) groups excluding carboxylic acids is 4. The second-order valence-corrected chi connectivity index (χ2v) is 10.8. The van der Waals surface area contributed by atoms with Crippen LogP contribution in [0.2, 0.25) is 0 Å². The van der Waals surface area contributed by atoms with Gasteiger partial charge >= 0.3 is 5.97 Å². The zero-order valence-corrected chi connectivity index (χ0v) is 21.3. The van der Waals surface area contributed by atoms with Crippen LogP contribution in [0.25, 0.3) is 0 Å². The van der Waals surface area contributed by atoms with Gasteiger partial charge in [-0.25, -0.2) is 0 Å². The number of hydrogen-bond acceptors (Lipinski definition) is 8. The van der Waals surface area contributed by atoms with Crippen molar-refractivity contribution in [2.24, 2.45) is 5.41 Å². The summed E-state index contributed by atoms with van der Waals surface area (Å²) in [7, 11) is 0. The summed E-state index contributed by atoms with van der Waals surface area (Å²) in [4.78, 5) is 62.0. The maximum Gasteiger partial charge on any atom is 0.303 e. The first-order valence-corrected chi connectivity index (χ1v) is 13.2. The van der Waals surface area contributed by atoms with Crippen molar-refractivity contribution in [2.45, 2.75) is 69.4 Å². The number of carbonyl (C=O) groups is 5. The lowest BCUT2D eigenvalue weighted by molar-refractivity contribution is -0.159. The van der Waals surface area contributed by atoms with Crippen molar-refractivity contribution in [2.75, 3.05) is 31.7 Å². The molecule has 3 aliphatic carbocycles. The number of nitrogens with zero attached hydrogens (tertiary/aromatic N) is 1. The van der Waals surface area contributed by atoms with Crippen molar-refractivity contribution >= 4 is 35.3 Å². The number of ether oxygens (including phenoxy) is 2. The standard InChI is InChI=1S/C27H33N3O8/c31-20-5-4-19(23(34)29-20)30-24(35)17-2-1-3-18(22(17)25(30)36)28-12-13-37-14-15-38-27-9-6-26(7-10-27,8-11-27)16-21(32)33/h1-3,19,28H,4-16H2,(H,32,33)(H,29,31,34). The summed E-state index contributed by atoms with van der Waals surface area (Å²) in [6.45, 7) is 1.64. The Morgan fingerprint density at radius 1 is 1.03 bits per heavy atom. The fourth-order valence-electron chi connectivity index (χ4n) is 6.37. The minimum Gasteiger partial charge on any atom is -0.481 e. The van der Waals surface area contributed by atoms with Crippen LogP contribution in [0.15, 0.2) is 18.2 Å². The van der Waals surface area contributed by atoms with Crippen molar-refractivity contribution < 1.29 is 38.6 Å². The Hall–Kier alpha value is -3.31. The van der Waals surface area contributed by atoms with Crippen LogP contribution < -0.4 is 10.6 Å². The van der Waals surface area contributed by atoms with E-state index in [-0.39, 0.29) is 41.4 Å². The minimum atomic E-state index is -1.00. The average molecular weight is 528 g/mol. The third-order valence-electron chi connectivity index (χ3n) is 8.52. The molecule has 4 fully saturated rings. The molecule has 2 heterocycles. The first-order chi connectivity index (χ1) is 18.2. The number of rotatable bonds is 11. The van der Waals surface area contributed by atoms with Crippen LogP contribution in [-0.2, 0) is 23.9 Å². The van der Waals surface area contributed by atoms with Gasteiger partial charge in [-0.05, 0) is 62.5 Å². The van der Waals surface area contributed by atoms with Crippen molar-refractivity contribution in [3.8, 4) is 0 Å². The lowest BCUT2D eigenvalue weighted by Crippen LogP contribution is -2.54. The molecule has 11 nitrogen and oxygen atoms in total. The number of fused-ring (bicyclic) bond motifs is 4. The second-order valence-electron chi connectivity index (χ2n) is 10.8. The van der Waals surface area contributed by atoms with Gasteiger partial charge in [-0.3, -0.25) is 34.2 Å². The Kier molecular flexibility index (Phi) is 7.23. The van der Waals surface area contributed by atoms with Crippen LogP contribution in [0, 0.1) is 5.41 Å². The maximum absolute atomic E-state index is 13.1. The van der Waals surface area contributed by atoms with E-state index in [1.54, 1.807) is 18.2 Å². The van der Waals surface area contributed by atoms with Crippen molar-refractivity contribution in [3.63, 3.8) is 0 Å². The van der Waals surface area contributed by atoms with E-state index in [0.29, 0.717) is 32.1 Å². The third kappa shape index (κ3) is 5.04. The molecular formula is C27H33N3O8. The molecule has 1 atom stereocenters. The molecule has 1 unspecified atom stereocenters. The largest absolute Gasteiger partial charge is 0.481 e. The first kappa shape index (κ1) is 26.3. The van der Waals surface area contributed by atoms with Crippen LogP contribution in [0.5, 0.6) is 0 Å². The lowest BCUT2D eigenvalue weighted by Gasteiger charge is -2.52. The number of nitrogens with one attached hydrogen (secondary N) is 2. The zero-order chi connectivity index (χ0) is 26.9. The van der Waals surface area contributed by atoms with Crippen LogP contribution in [0.4, 0.5) is 5.69 Å². The summed E-state index contributed by atoms with van der Waals surface area (Å²) >= 11 is 0. The van der Waals surface area contributed by atoms with Gasteiger partial charge in [-0.15, -0.1) is 0 Å². The molecule has 0 radical (unpaired) electrons. The van der Waals surface area contributed by atoms with Gasteiger partial charge in [0.25, 0.3) is 11.8 Å². The zero-order valence-electron chi connectivity index (χ0n) is 21.3. The number of carboxylic acids is 1. The Bertz CT molecular complexity index is 1140. The molecule has 3 saturated carbocycles. The van der Waals surface area contributed by atoms with E-state index in [9.17, 15) is 29.1 Å². The smallest absolute Gasteiger partial charge is 0.303 e. The van der Waals surface area contributed by atoms with E-state index in [1.165, 1.54) is 0 Å². The molecule has 2 aliphatic heterocycles. The van der Waals surface area contributed by atoms with E-state index in [0.717, 1.165) is 43.4 Å². The Labute approximate surface area is 220 Å². The molecule has 3 N–H and O–H groups in total. The Balaban J connectivity index is 1.07. The fourth-order valence-corrected chi connectivity index (χ4v) is 6.37. The van der Waals surface area contributed by atoms with Gasteiger partial charge in [0.1, 0.15) is 6.04 Å². The molecule has 204 valence electrons. The van der Waals surface area contributed by atoms with Crippen LogP contribution >= 0.6 is 0 Å². The molecular weight excluding hydrogens is 494 g/mol. The predicted molar refractivity (Wildman–Crippen MR) is 133 cm³/mol. The van der Waals surface area contributed by atoms with E-state index in [1.807, 2.05) is 0 Å². The van der Waals surface area contributed by atoms with Crippen molar-refractivity contribution in [3.05, 3.63) is 29.3 Å². The van der Waals surface area contributed by atoms with Gasteiger partial charge in [0.05, 0.1) is 43.0 Å². The molecule has 38 heavy (non-hydrogen) atoms. The van der Waals surface area contributed by atoms with Gasteiger partial charge in [0.2, 0.25) is 11.8 Å². The summed E-state index contributed by atoms with van der Waals surface area (Å²) in [5.41, 5.74) is 0.725. The number of amides is 4. The molecule has 1 aromatic rings. The topological polar surface area (TPSA) is 151 Å². The molecule has 0 aromatic heterocycles. The Morgan fingerprint density at radius 2 is 1.76 bits per heavy atom. The number of piperidine rings is 1. The Morgan fingerprint density at radius 3 is 2.45 bits per heavy atom.